The molecule has 0 bridgehead atoms. The summed E-state index contributed by atoms with van der Waals surface area (Å²) in [6, 6.07) is 17.4. The number of carbonyl (C=O) groups excluding carboxylic acids is 1. The first-order valence-corrected chi connectivity index (χ1v) is 7.25. The van der Waals surface area contributed by atoms with Crippen molar-refractivity contribution >= 4 is 23.7 Å². The van der Waals surface area contributed by atoms with E-state index in [0.717, 1.165) is 12.0 Å². The maximum Gasteiger partial charge on any atom is 0.243 e. The van der Waals surface area contributed by atoms with Crippen molar-refractivity contribution in [2.24, 2.45) is 11.0 Å². The number of hydrogen-bond donors (Lipinski definition) is 1. The van der Waals surface area contributed by atoms with Gasteiger partial charge in [0.25, 0.3) is 0 Å². The highest BCUT2D eigenvalue weighted by Crippen LogP contribution is 2.47. The third kappa shape index (κ3) is 3.50. The maximum atomic E-state index is 12.0. The van der Waals surface area contributed by atoms with Gasteiger partial charge in [-0.2, -0.15) is 5.10 Å². The van der Waals surface area contributed by atoms with Crippen molar-refractivity contribution in [2.45, 2.75) is 12.3 Å². The summed E-state index contributed by atoms with van der Waals surface area (Å²) in [6.45, 7) is 0. The van der Waals surface area contributed by atoms with E-state index in [9.17, 15) is 4.79 Å². The smallest absolute Gasteiger partial charge is 0.243 e. The Kier molecular flexibility index (Phi) is 4.02. The normalized spacial score (nSPS) is 20.4. The van der Waals surface area contributed by atoms with Gasteiger partial charge in [0.05, 0.1) is 6.21 Å². The van der Waals surface area contributed by atoms with Crippen LogP contribution in [-0.4, -0.2) is 12.1 Å². The Labute approximate surface area is 128 Å². The highest BCUT2D eigenvalue weighted by atomic mass is 35.5. The molecule has 0 saturated heterocycles. The van der Waals surface area contributed by atoms with Gasteiger partial charge in [-0.1, -0.05) is 54.1 Å². The van der Waals surface area contributed by atoms with E-state index in [4.69, 9.17) is 11.6 Å². The molecule has 1 aliphatic carbocycles. The third-order valence-corrected chi connectivity index (χ3v) is 3.87. The monoisotopic (exact) mass is 298 g/mol. The minimum Gasteiger partial charge on any atom is -0.273 e. The zero-order valence-electron chi connectivity index (χ0n) is 11.4. The van der Waals surface area contributed by atoms with Crippen LogP contribution in [0.15, 0.2) is 59.7 Å². The number of benzene rings is 2. The molecule has 2 aromatic rings. The Morgan fingerprint density at radius 1 is 1.14 bits per heavy atom. The van der Waals surface area contributed by atoms with E-state index in [1.165, 1.54) is 5.56 Å². The Morgan fingerprint density at radius 2 is 1.86 bits per heavy atom. The molecule has 3 nitrogen and oxygen atoms in total. The van der Waals surface area contributed by atoms with Gasteiger partial charge in [-0.3, -0.25) is 4.79 Å². The summed E-state index contributed by atoms with van der Waals surface area (Å²) < 4.78 is 0. The number of nitrogens with one attached hydrogen (secondary N) is 1. The van der Waals surface area contributed by atoms with Crippen LogP contribution in [0.1, 0.15) is 23.5 Å². The summed E-state index contributed by atoms with van der Waals surface area (Å²) >= 11 is 5.81. The molecule has 106 valence electrons. The summed E-state index contributed by atoms with van der Waals surface area (Å²) in [5, 5.41) is 4.67. The van der Waals surface area contributed by atoms with Gasteiger partial charge in [-0.05, 0) is 35.6 Å². The number of carbonyl (C=O) groups is 1. The molecule has 2 aromatic carbocycles. The quantitative estimate of drug-likeness (QED) is 0.680. The molecule has 3 rings (SSSR count). The zero-order valence-corrected chi connectivity index (χ0v) is 12.1. The van der Waals surface area contributed by atoms with Gasteiger partial charge >= 0.3 is 0 Å². The molecular formula is C17H15ClN2O. The predicted molar refractivity (Wildman–Crippen MR) is 84.5 cm³/mol. The standard InChI is InChI=1S/C17H15ClN2O/c18-14-8-6-12(7-9-14)11-19-20-17(21)16-10-15(16)13-4-2-1-3-5-13/h1-9,11,15-16H,10H2,(H,20,21)/b19-11+. The Hall–Kier alpha value is -2.13. The molecule has 1 aliphatic rings. The molecule has 0 aliphatic heterocycles. The maximum absolute atomic E-state index is 12.0. The lowest BCUT2D eigenvalue weighted by molar-refractivity contribution is -0.122. The van der Waals surface area contributed by atoms with E-state index >= 15 is 0 Å². The number of amides is 1. The SMILES string of the molecule is O=C(N/N=C/c1ccc(Cl)cc1)C1CC1c1ccccc1. The molecule has 0 radical (unpaired) electrons. The molecule has 0 spiro atoms. The third-order valence-electron chi connectivity index (χ3n) is 3.61. The summed E-state index contributed by atoms with van der Waals surface area (Å²) in [7, 11) is 0. The Bertz CT molecular complexity index is 652. The van der Waals surface area contributed by atoms with Gasteiger partial charge in [-0.15, -0.1) is 0 Å². The van der Waals surface area contributed by atoms with Crippen LogP contribution in [0.2, 0.25) is 5.02 Å². The molecule has 0 aromatic heterocycles. The number of halogens is 1. The van der Waals surface area contributed by atoms with Crippen molar-refractivity contribution in [1.29, 1.82) is 0 Å². The highest BCUT2D eigenvalue weighted by Gasteiger charge is 2.43. The fourth-order valence-corrected chi connectivity index (χ4v) is 2.48. The lowest BCUT2D eigenvalue weighted by Gasteiger charge is -2.00. The fraction of sp³-hybridized carbons (Fsp3) is 0.176. The second-order valence-electron chi connectivity index (χ2n) is 5.15. The van der Waals surface area contributed by atoms with Gasteiger partial charge in [0.2, 0.25) is 5.91 Å². The van der Waals surface area contributed by atoms with Crippen LogP contribution in [0.4, 0.5) is 0 Å². The first-order valence-electron chi connectivity index (χ1n) is 6.87. The fourth-order valence-electron chi connectivity index (χ4n) is 2.36. The van der Waals surface area contributed by atoms with Crippen LogP contribution in [-0.2, 0) is 4.79 Å². The summed E-state index contributed by atoms with van der Waals surface area (Å²) in [6.07, 6.45) is 2.51. The molecule has 4 heteroatoms. The van der Waals surface area contributed by atoms with Gasteiger partial charge in [0.15, 0.2) is 0 Å². The van der Waals surface area contributed by atoms with Crippen LogP contribution in [0.5, 0.6) is 0 Å². The van der Waals surface area contributed by atoms with Crippen LogP contribution in [0, 0.1) is 5.92 Å². The first kappa shape index (κ1) is 13.8. The highest BCUT2D eigenvalue weighted by molar-refractivity contribution is 6.30. The molecule has 1 fully saturated rings. The van der Waals surface area contributed by atoms with Gasteiger partial charge in [0, 0.05) is 10.9 Å². The van der Waals surface area contributed by atoms with Crippen LogP contribution in [0.3, 0.4) is 0 Å². The number of rotatable bonds is 4. The Balaban J connectivity index is 1.53. The van der Waals surface area contributed by atoms with Gasteiger partial charge in [-0.25, -0.2) is 5.43 Å². The minimum absolute atomic E-state index is 0.0194. The average Bonchev–Trinajstić information content (AvgIpc) is 3.31. The van der Waals surface area contributed by atoms with E-state index in [0.29, 0.717) is 10.9 Å². The van der Waals surface area contributed by atoms with Crippen molar-refractivity contribution < 1.29 is 4.79 Å². The zero-order chi connectivity index (χ0) is 14.7. The van der Waals surface area contributed by atoms with E-state index < -0.39 is 0 Å². The van der Waals surface area contributed by atoms with E-state index in [2.05, 4.69) is 22.7 Å². The predicted octanol–water partition coefficient (Wildman–Crippen LogP) is 3.59. The molecule has 1 amide bonds. The second-order valence-corrected chi connectivity index (χ2v) is 5.58. The second kappa shape index (κ2) is 6.10. The van der Waals surface area contributed by atoms with Crippen LogP contribution in [0.25, 0.3) is 0 Å². The molecule has 1 saturated carbocycles. The topological polar surface area (TPSA) is 41.5 Å². The first-order chi connectivity index (χ1) is 10.2. The lowest BCUT2D eigenvalue weighted by atomic mass is 10.1. The molecular weight excluding hydrogens is 284 g/mol. The molecule has 2 unspecified atom stereocenters. The van der Waals surface area contributed by atoms with Crippen molar-refractivity contribution in [3.63, 3.8) is 0 Å². The van der Waals surface area contributed by atoms with Crippen LogP contribution >= 0.6 is 11.6 Å². The van der Waals surface area contributed by atoms with Crippen LogP contribution < -0.4 is 5.43 Å². The minimum atomic E-state index is -0.0194. The molecule has 21 heavy (non-hydrogen) atoms. The summed E-state index contributed by atoms with van der Waals surface area (Å²) in [4.78, 5) is 12.0. The van der Waals surface area contributed by atoms with Gasteiger partial charge in [0.1, 0.15) is 0 Å². The van der Waals surface area contributed by atoms with Crippen molar-refractivity contribution in [2.75, 3.05) is 0 Å². The number of nitrogens with zero attached hydrogens (tertiary/aromatic N) is 1. The molecule has 1 N–H and O–H groups in total. The van der Waals surface area contributed by atoms with Gasteiger partial charge < -0.3 is 0 Å². The van der Waals surface area contributed by atoms with E-state index in [-0.39, 0.29) is 11.8 Å². The molecule has 2 atom stereocenters. The number of hydrazone groups is 1. The van der Waals surface area contributed by atoms with E-state index in [1.807, 2.05) is 30.3 Å². The lowest BCUT2D eigenvalue weighted by Crippen LogP contribution is -2.20. The summed E-state index contributed by atoms with van der Waals surface area (Å²) in [5.41, 5.74) is 4.72. The average molecular weight is 299 g/mol. The number of hydrogen-bond acceptors (Lipinski definition) is 2. The Morgan fingerprint density at radius 3 is 2.57 bits per heavy atom. The van der Waals surface area contributed by atoms with Crippen molar-refractivity contribution in [3.05, 3.63) is 70.7 Å². The van der Waals surface area contributed by atoms with Crippen molar-refractivity contribution in [1.82, 2.24) is 5.43 Å². The van der Waals surface area contributed by atoms with Crippen molar-refractivity contribution in [3.8, 4) is 0 Å². The van der Waals surface area contributed by atoms with E-state index in [1.54, 1.807) is 18.3 Å². The summed E-state index contributed by atoms with van der Waals surface area (Å²) in [5.74, 6) is 0.348. The largest absolute Gasteiger partial charge is 0.273 e. The molecule has 0 heterocycles.